The largest absolute Gasteiger partial charge is 0.489 e. The first-order chi connectivity index (χ1) is 10.1. The van der Waals surface area contributed by atoms with E-state index in [1.165, 1.54) is 6.07 Å². The SMILES string of the molecule is FC(F)(F)c1ccc2c3c1OCCN3C1=CCNCCC12. The van der Waals surface area contributed by atoms with Crippen LogP contribution in [-0.2, 0) is 6.18 Å². The van der Waals surface area contributed by atoms with Crippen LogP contribution < -0.4 is 15.0 Å². The number of alkyl halides is 3. The molecule has 3 aliphatic heterocycles. The van der Waals surface area contributed by atoms with E-state index in [1.807, 2.05) is 4.90 Å². The Morgan fingerprint density at radius 1 is 1.29 bits per heavy atom. The topological polar surface area (TPSA) is 24.5 Å². The summed E-state index contributed by atoms with van der Waals surface area (Å²) in [7, 11) is 0. The minimum absolute atomic E-state index is 0.00758. The van der Waals surface area contributed by atoms with Crippen molar-refractivity contribution in [2.24, 2.45) is 0 Å². The first kappa shape index (κ1) is 13.0. The van der Waals surface area contributed by atoms with Crippen LogP contribution in [0, 0.1) is 0 Å². The average molecular weight is 296 g/mol. The fourth-order valence-electron chi connectivity index (χ4n) is 3.55. The molecule has 1 aromatic rings. The lowest BCUT2D eigenvalue weighted by molar-refractivity contribution is -0.139. The molecule has 1 unspecified atom stereocenters. The molecule has 3 heterocycles. The van der Waals surface area contributed by atoms with Gasteiger partial charge < -0.3 is 15.0 Å². The standard InChI is InChI=1S/C15H15F3N2O/c16-15(17,18)11-2-1-10-9-3-5-19-6-4-12(9)20-7-8-21-14(11)13(10)20/h1-2,4,9,19H,3,5-8H2. The molecule has 0 aliphatic carbocycles. The second-order valence-corrected chi connectivity index (χ2v) is 5.55. The van der Waals surface area contributed by atoms with Crippen molar-refractivity contribution in [3.8, 4) is 5.75 Å². The summed E-state index contributed by atoms with van der Waals surface area (Å²) in [5, 5.41) is 3.31. The summed E-state index contributed by atoms with van der Waals surface area (Å²) in [6.07, 6.45) is -1.38. The van der Waals surface area contributed by atoms with Gasteiger partial charge in [-0.1, -0.05) is 12.1 Å². The molecule has 112 valence electrons. The molecule has 6 heteroatoms. The third-order valence-electron chi connectivity index (χ3n) is 4.41. The van der Waals surface area contributed by atoms with Crippen LogP contribution in [-0.4, -0.2) is 26.2 Å². The Hall–Kier alpha value is -1.69. The molecule has 0 radical (unpaired) electrons. The van der Waals surface area contributed by atoms with Crippen LogP contribution in [0.1, 0.15) is 23.5 Å². The molecule has 1 aromatic carbocycles. The molecule has 0 aromatic heterocycles. The van der Waals surface area contributed by atoms with Gasteiger partial charge in [-0.3, -0.25) is 0 Å². The van der Waals surface area contributed by atoms with Crippen molar-refractivity contribution in [3.05, 3.63) is 35.0 Å². The molecule has 0 bridgehead atoms. The zero-order valence-corrected chi connectivity index (χ0v) is 11.3. The Morgan fingerprint density at radius 3 is 2.95 bits per heavy atom. The van der Waals surface area contributed by atoms with Gasteiger partial charge in [-0.15, -0.1) is 0 Å². The predicted molar refractivity (Wildman–Crippen MR) is 72.6 cm³/mol. The maximum atomic E-state index is 13.2. The Morgan fingerprint density at radius 2 is 2.14 bits per heavy atom. The zero-order valence-electron chi connectivity index (χ0n) is 11.3. The van der Waals surface area contributed by atoms with Gasteiger partial charge >= 0.3 is 6.18 Å². The van der Waals surface area contributed by atoms with E-state index in [-0.39, 0.29) is 18.3 Å². The van der Waals surface area contributed by atoms with E-state index in [0.29, 0.717) is 12.2 Å². The van der Waals surface area contributed by atoms with E-state index in [0.717, 1.165) is 30.8 Å². The molecule has 3 aliphatic rings. The molecule has 0 saturated carbocycles. The first-order valence-electron chi connectivity index (χ1n) is 7.12. The van der Waals surface area contributed by atoms with E-state index >= 15 is 0 Å². The predicted octanol–water partition coefficient (Wildman–Crippen LogP) is 2.88. The van der Waals surface area contributed by atoms with Gasteiger partial charge in [-0.2, -0.15) is 13.2 Å². The average Bonchev–Trinajstić information content (AvgIpc) is 2.62. The van der Waals surface area contributed by atoms with Crippen LogP contribution in [0.2, 0.25) is 0 Å². The van der Waals surface area contributed by atoms with Crippen LogP contribution in [0.15, 0.2) is 23.9 Å². The number of nitrogens with one attached hydrogen (secondary N) is 1. The number of fused-ring (bicyclic) bond motifs is 3. The van der Waals surface area contributed by atoms with E-state index in [2.05, 4.69) is 11.4 Å². The monoisotopic (exact) mass is 296 g/mol. The van der Waals surface area contributed by atoms with Gasteiger partial charge in [0, 0.05) is 18.2 Å². The molecule has 0 amide bonds. The Labute approximate surface area is 120 Å². The van der Waals surface area contributed by atoms with Gasteiger partial charge in [0.05, 0.1) is 17.8 Å². The third-order valence-corrected chi connectivity index (χ3v) is 4.41. The van der Waals surface area contributed by atoms with E-state index in [4.69, 9.17) is 4.74 Å². The summed E-state index contributed by atoms with van der Waals surface area (Å²) in [5.74, 6) is 0.186. The highest BCUT2D eigenvalue weighted by atomic mass is 19.4. The van der Waals surface area contributed by atoms with Crippen molar-refractivity contribution in [1.82, 2.24) is 5.32 Å². The molecule has 4 rings (SSSR count). The lowest BCUT2D eigenvalue weighted by Gasteiger charge is -2.30. The van der Waals surface area contributed by atoms with Crippen molar-refractivity contribution in [2.45, 2.75) is 18.5 Å². The quantitative estimate of drug-likeness (QED) is 0.797. The zero-order chi connectivity index (χ0) is 14.6. The van der Waals surface area contributed by atoms with Crippen LogP contribution in [0.5, 0.6) is 5.75 Å². The summed E-state index contributed by atoms with van der Waals surface area (Å²) >= 11 is 0. The number of ether oxygens (including phenoxy) is 1. The highest BCUT2D eigenvalue weighted by Crippen LogP contribution is 2.54. The number of rotatable bonds is 0. The van der Waals surface area contributed by atoms with Crippen molar-refractivity contribution in [2.75, 3.05) is 31.1 Å². The minimum Gasteiger partial charge on any atom is -0.489 e. The third kappa shape index (κ3) is 1.85. The van der Waals surface area contributed by atoms with E-state index < -0.39 is 11.7 Å². The fourth-order valence-corrected chi connectivity index (χ4v) is 3.55. The molecular formula is C15H15F3N2O. The summed E-state index contributed by atoms with van der Waals surface area (Å²) in [6, 6.07) is 2.79. The van der Waals surface area contributed by atoms with Crippen LogP contribution in [0.4, 0.5) is 18.9 Å². The highest BCUT2D eigenvalue weighted by Gasteiger charge is 2.44. The molecule has 0 fully saturated rings. The second kappa shape index (κ2) is 4.40. The van der Waals surface area contributed by atoms with E-state index in [1.54, 1.807) is 6.07 Å². The number of halogens is 3. The highest BCUT2D eigenvalue weighted by molar-refractivity contribution is 5.77. The maximum absolute atomic E-state index is 13.2. The van der Waals surface area contributed by atoms with E-state index in [9.17, 15) is 13.2 Å². The van der Waals surface area contributed by atoms with Crippen LogP contribution in [0.3, 0.4) is 0 Å². The normalized spacial score (nSPS) is 23.9. The fraction of sp³-hybridized carbons (Fsp3) is 0.467. The van der Waals surface area contributed by atoms with Crippen LogP contribution in [0.25, 0.3) is 0 Å². The summed E-state index contributed by atoms with van der Waals surface area (Å²) in [4.78, 5) is 2.01. The number of hydrogen-bond acceptors (Lipinski definition) is 3. The lowest BCUT2D eigenvalue weighted by Crippen LogP contribution is -2.31. The van der Waals surface area contributed by atoms with Crippen molar-refractivity contribution in [1.29, 1.82) is 0 Å². The van der Waals surface area contributed by atoms with Gasteiger partial charge in [-0.05, 0) is 24.6 Å². The molecular weight excluding hydrogens is 281 g/mol. The minimum atomic E-state index is -4.38. The summed E-state index contributed by atoms with van der Waals surface area (Å²) in [6.45, 7) is 2.54. The molecule has 21 heavy (non-hydrogen) atoms. The molecule has 0 spiro atoms. The molecule has 3 nitrogen and oxygen atoms in total. The molecule has 1 N–H and O–H groups in total. The van der Waals surface area contributed by atoms with Gasteiger partial charge in [-0.25, -0.2) is 0 Å². The van der Waals surface area contributed by atoms with Gasteiger partial charge in [0.1, 0.15) is 6.61 Å². The number of hydrogen-bond donors (Lipinski definition) is 1. The Bertz CT molecular complexity index is 624. The molecule has 0 saturated heterocycles. The van der Waals surface area contributed by atoms with Gasteiger partial charge in [0.2, 0.25) is 0 Å². The number of nitrogens with zero attached hydrogens (tertiary/aromatic N) is 1. The maximum Gasteiger partial charge on any atom is 0.420 e. The van der Waals surface area contributed by atoms with Crippen molar-refractivity contribution in [3.63, 3.8) is 0 Å². The van der Waals surface area contributed by atoms with Gasteiger partial charge in [0.25, 0.3) is 0 Å². The Kier molecular flexibility index (Phi) is 2.73. The van der Waals surface area contributed by atoms with Crippen molar-refractivity contribution < 1.29 is 17.9 Å². The van der Waals surface area contributed by atoms with Gasteiger partial charge in [0.15, 0.2) is 5.75 Å². The Balaban J connectivity index is 1.92. The smallest absolute Gasteiger partial charge is 0.420 e. The number of benzene rings is 1. The molecule has 1 atom stereocenters. The number of allylic oxidation sites excluding steroid dienone is 1. The van der Waals surface area contributed by atoms with Crippen molar-refractivity contribution >= 4 is 5.69 Å². The number of anilines is 1. The second-order valence-electron chi connectivity index (χ2n) is 5.55. The summed E-state index contributed by atoms with van der Waals surface area (Å²) < 4.78 is 44.9. The summed E-state index contributed by atoms with van der Waals surface area (Å²) in [5.41, 5.74) is 2.06. The lowest BCUT2D eigenvalue weighted by atomic mass is 9.94. The van der Waals surface area contributed by atoms with Crippen LogP contribution >= 0.6 is 0 Å². The first-order valence-corrected chi connectivity index (χ1v) is 7.12.